The van der Waals surface area contributed by atoms with Gasteiger partial charge in [-0.15, -0.1) is 0 Å². The third-order valence-electron chi connectivity index (χ3n) is 2.74. The maximum atomic E-state index is 12.1. The first kappa shape index (κ1) is 12.9. The number of nitrogen functional groups attached to an aromatic ring is 2. The molecule has 0 fully saturated rings. The molecule has 2 rings (SSSR count). The molecule has 19 heavy (non-hydrogen) atoms. The molecular formula is C13H17N5O. The van der Waals surface area contributed by atoms with E-state index >= 15 is 0 Å². The van der Waals surface area contributed by atoms with Crippen molar-refractivity contribution >= 4 is 17.3 Å². The van der Waals surface area contributed by atoms with Crippen molar-refractivity contribution in [2.45, 2.75) is 19.5 Å². The Morgan fingerprint density at radius 2 is 2.26 bits per heavy atom. The van der Waals surface area contributed by atoms with E-state index in [2.05, 4.69) is 10.3 Å². The molecule has 0 aliphatic heterocycles. The summed E-state index contributed by atoms with van der Waals surface area (Å²) in [4.78, 5) is 16.0. The molecule has 0 saturated carbocycles. The zero-order chi connectivity index (χ0) is 13.8. The second-order valence-electron chi connectivity index (χ2n) is 4.48. The average Bonchev–Trinajstić information content (AvgIpc) is 2.81. The van der Waals surface area contributed by atoms with Crippen LogP contribution in [-0.2, 0) is 6.54 Å². The van der Waals surface area contributed by atoms with Gasteiger partial charge in [-0.1, -0.05) is 0 Å². The normalized spacial score (nSPS) is 12.1. The Kier molecular flexibility index (Phi) is 3.70. The van der Waals surface area contributed by atoms with E-state index in [0.29, 0.717) is 23.5 Å². The number of imidazole rings is 1. The summed E-state index contributed by atoms with van der Waals surface area (Å²) in [5.74, 6) is -0.204. The van der Waals surface area contributed by atoms with Gasteiger partial charge in [-0.25, -0.2) is 4.98 Å². The van der Waals surface area contributed by atoms with Crippen LogP contribution in [-0.4, -0.2) is 21.5 Å². The van der Waals surface area contributed by atoms with Gasteiger partial charge in [-0.3, -0.25) is 4.79 Å². The van der Waals surface area contributed by atoms with Gasteiger partial charge in [0.1, 0.15) is 0 Å². The Labute approximate surface area is 111 Å². The topological polar surface area (TPSA) is 99.0 Å². The van der Waals surface area contributed by atoms with Gasteiger partial charge in [-0.05, 0) is 25.1 Å². The fourth-order valence-electron chi connectivity index (χ4n) is 1.85. The van der Waals surface area contributed by atoms with Crippen LogP contribution in [0.2, 0.25) is 0 Å². The van der Waals surface area contributed by atoms with Crippen LogP contribution in [0.5, 0.6) is 0 Å². The third-order valence-corrected chi connectivity index (χ3v) is 2.74. The smallest absolute Gasteiger partial charge is 0.253 e. The maximum Gasteiger partial charge on any atom is 0.253 e. The van der Waals surface area contributed by atoms with E-state index in [-0.39, 0.29) is 11.9 Å². The molecule has 6 nitrogen and oxygen atoms in total. The molecule has 5 N–H and O–H groups in total. The van der Waals surface area contributed by atoms with Crippen LogP contribution in [0.15, 0.2) is 36.9 Å². The number of nitrogens with two attached hydrogens (primary N) is 2. The van der Waals surface area contributed by atoms with Crippen LogP contribution in [0.4, 0.5) is 11.4 Å². The van der Waals surface area contributed by atoms with E-state index in [1.54, 1.807) is 30.7 Å². The van der Waals surface area contributed by atoms with Crippen molar-refractivity contribution in [2.24, 2.45) is 0 Å². The lowest BCUT2D eigenvalue weighted by molar-refractivity contribution is 0.0937. The van der Waals surface area contributed by atoms with E-state index in [1.807, 2.05) is 17.7 Å². The van der Waals surface area contributed by atoms with Gasteiger partial charge < -0.3 is 21.4 Å². The molecule has 1 aromatic heterocycles. The summed E-state index contributed by atoms with van der Waals surface area (Å²) in [6.45, 7) is 2.58. The average molecular weight is 259 g/mol. The first-order valence-corrected chi connectivity index (χ1v) is 5.98. The van der Waals surface area contributed by atoms with Gasteiger partial charge >= 0.3 is 0 Å². The largest absolute Gasteiger partial charge is 0.399 e. The minimum Gasteiger partial charge on any atom is -0.399 e. The first-order valence-electron chi connectivity index (χ1n) is 5.98. The van der Waals surface area contributed by atoms with Crippen molar-refractivity contribution < 1.29 is 4.79 Å². The van der Waals surface area contributed by atoms with Crippen LogP contribution in [0, 0.1) is 0 Å². The molecule has 100 valence electrons. The highest BCUT2D eigenvalue weighted by atomic mass is 16.1. The quantitative estimate of drug-likeness (QED) is 0.709. The fourth-order valence-corrected chi connectivity index (χ4v) is 1.85. The monoisotopic (exact) mass is 259 g/mol. The van der Waals surface area contributed by atoms with Gasteiger partial charge in [0.2, 0.25) is 0 Å². The molecule has 0 radical (unpaired) electrons. The summed E-state index contributed by atoms with van der Waals surface area (Å²) in [7, 11) is 0. The van der Waals surface area contributed by atoms with Crippen molar-refractivity contribution in [1.82, 2.24) is 14.9 Å². The summed E-state index contributed by atoms with van der Waals surface area (Å²) < 4.78 is 1.90. The zero-order valence-electron chi connectivity index (χ0n) is 10.7. The van der Waals surface area contributed by atoms with Gasteiger partial charge in [0.05, 0.1) is 11.9 Å². The Morgan fingerprint density at radius 3 is 2.89 bits per heavy atom. The van der Waals surface area contributed by atoms with E-state index in [0.717, 1.165) is 0 Å². The van der Waals surface area contributed by atoms with Crippen LogP contribution < -0.4 is 16.8 Å². The van der Waals surface area contributed by atoms with E-state index in [4.69, 9.17) is 11.5 Å². The van der Waals surface area contributed by atoms with Crippen LogP contribution in [0.25, 0.3) is 0 Å². The Morgan fingerprint density at radius 1 is 1.47 bits per heavy atom. The molecule has 1 atom stereocenters. The van der Waals surface area contributed by atoms with Gasteiger partial charge in [0, 0.05) is 36.4 Å². The number of carbonyl (C=O) groups is 1. The molecule has 1 unspecified atom stereocenters. The summed E-state index contributed by atoms with van der Waals surface area (Å²) >= 11 is 0. The Bertz CT molecular complexity index is 564. The summed E-state index contributed by atoms with van der Waals surface area (Å²) in [6.07, 6.45) is 5.26. The molecule has 2 aromatic rings. The predicted molar refractivity (Wildman–Crippen MR) is 74.4 cm³/mol. The second-order valence-corrected chi connectivity index (χ2v) is 4.48. The van der Waals surface area contributed by atoms with Gasteiger partial charge in [-0.2, -0.15) is 0 Å². The molecule has 0 bridgehead atoms. The predicted octanol–water partition coefficient (Wildman–Crippen LogP) is 0.866. The molecule has 1 heterocycles. The highest BCUT2D eigenvalue weighted by Crippen LogP contribution is 2.15. The first-order chi connectivity index (χ1) is 9.06. The van der Waals surface area contributed by atoms with Gasteiger partial charge in [0.25, 0.3) is 5.91 Å². The fraction of sp³-hybridized carbons (Fsp3) is 0.231. The number of benzene rings is 1. The van der Waals surface area contributed by atoms with Gasteiger partial charge in [0.15, 0.2) is 0 Å². The molecule has 6 heteroatoms. The molecule has 1 aromatic carbocycles. The van der Waals surface area contributed by atoms with E-state index in [1.165, 1.54) is 0 Å². The molecule has 0 spiro atoms. The van der Waals surface area contributed by atoms with Crippen LogP contribution in [0.1, 0.15) is 17.3 Å². The Hall–Kier alpha value is -2.50. The SMILES string of the molecule is CC(Cn1ccnc1)NC(=O)c1ccc(N)cc1N. The summed E-state index contributed by atoms with van der Waals surface area (Å²) in [6, 6.07) is 4.84. The second kappa shape index (κ2) is 5.43. The van der Waals surface area contributed by atoms with E-state index < -0.39 is 0 Å². The highest BCUT2D eigenvalue weighted by molar-refractivity contribution is 5.99. The Balaban J connectivity index is 2.00. The lowest BCUT2D eigenvalue weighted by Gasteiger charge is -2.15. The molecular weight excluding hydrogens is 242 g/mol. The van der Waals surface area contributed by atoms with Crippen molar-refractivity contribution in [1.29, 1.82) is 0 Å². The number of carbonyl (C=O) groups excluding carboxylic acids is 1. The number of hydrogen-bond acceptors (Lipinski definition) is 4. The van der Waals surface area contributed by atoms with Crippen molar-refractivity contribution in [3.63, 3.8) is 0 Å². The summed E-state index contributed by atoms with van der Waals surface area (Å²) in [5, 5.41) is 2.89. The van der Waals surface area contributed by atoms with E-state index in [9.17, 15) is 4.79 Å². The molecule has 0 aliphatic carbocycles. The van der Waals surface area contributed by atoms with Crippen LogP contribution >= 0.6 is 0 Å². The number of aromatic nitrogens is 2. The minimum absolute atomic E-state index is 0.0290. The number of hydrogen-bond donors (Lipinski definition) is 3. The number of nitrogens with one attached hydrogen (secondary N) is 1. The summed E-state index contributed by atoms with van der Waals surface area (Å²) in [5.41, 5.74) is 12.7. The highest BCUT2D eigenvalue weighted by Gasteiger charge is 2.12. The molecule has 0 aliphatic rings. The number of nitrogens with zero attached hydrogens (tertiary/aromatic N) is 2. The number of anilines is 2. The molecule has 0 saturated heterocycles. The molecule has 1 amide bonds. The lowest BCUT2D eigenvalue weighted by atomic mass is 10.1. The standard InChI is InChI=1S/C13H17N5O/c1-9(7-18-5-4-16-8-18)17-13(19)11-3-2-10(14)6-12(11)15/h2-6,8-9H,7,14-15H2,1H3,(H,17,19). The lowest BCUT2D eigenvalue weighted by Crippen LogP contribution is -2.35. The number of amides is 1. The van der Waals surface area contributed by atoms with Crippen molar-refractivity contribution in [2.75, 3.05) is 11.5 Å². The third kappa shape index (κ3) is 3.25. The zero-order valence-corrected chi connectivity index (χ0v) is 10.7. The maximum absolute atomic E-state index is 12.1. The minimum atomic E-state index is -0.204. The van der Waals surface area contributed by atoms with Crippen molar-refractivity contribution in [3.8, 4) is 0 Å². The van der Waals surface area contributed by atoms with Crippen molar-refractivity contribution in [3.05, 3.63) is 42.5 Å². The number of rotatable bonds is 4. The van der Waals surface area contributed by atoms with Crippen LogP contribution in [0.3, 0.4) is 0 Å².